The van der Waals surface area contributed by atoms with Gasteiger partial charge in [-0.3, -0.25) is 4.79 Å². The van der Waals surface area contributed by atoms with Crippen molar-refractivity contribution in [3.8, 4) is 0 Å². The Morgan fingerprint density at radius 3 is 3.12 bits per heavy atom. The number of amides is 1. The predicted molar refractivity (Wildman–Crippen MR) is 63.7 cm³/mol. The highest BCUT2D eigenvalue weighted by atomic mass is 32.1. The highest BCUT2D eigenvalue weighted by Gasteiger charge is 2.12. The summed E-state index contributed by atoms with van der Waals surface area (Å²) < 4.78 is 4.94. The molecule has 0 aromatic carbocycles. The summed E-state index contributed by atoms with van der Waals surface area (Å²) in [5.41, 5.74) is 5.87. The number of carbonyl (C=O) groups is 1. The summed E-state index contributed by atoms with van der Waals surface area (Å²) in [6.07, 6.45) is 0.714. The maximum absolute atomic E-state index is 11.7. The molecule has 0 saturated heterocycles. The number of aromatic nitrogens is 1. The fraction of sp³-hybridized carbons (Fsp3) is 0.600. The third kappa shape index (κ3) is 3.88. The number of nitrogens with one attached hydrogen (secondary N) is 1. The minimum Gasteiger partial charge on any atom is -0.383 e. The van der Waals surface area contributed by atoms with E-state index in [1.165, 1.54) is 11.3 Å². The summed E-state index contributed by atoms with van der Waals surface area (Å²) in [6, 6.07) is -0.0165. The third-order valence-corrected chi connectivity index (χ3v) is 2.85. The smallest absolute Gasteiger partial charge is 0.271 e. The molecule has 0 fully saturated rings. The maximum atomic E-state index is 11.7. The van der Waals surface area contributed by atoms with Crippen molar-refractivity contribution in [3.63, 3.8) is 0 Å². The van der Waals surface area contributed by atoms with Gasteiger partial charge in [0.05, 0.1) is 11.6 Å². The normalized spacial score (nSPS) is 12.4. The first-order chi connectivity index (χ1) is 7.67. The van der Waals surface area contributed by atoms with Crippen LogP contribution in [0.3, 0.4) is 0 Å². The molecule has 1 rings (SSSR count). The van der Waals surface area contributed by atoms with Gasteiger partial charge in [-0.1, -0.05) is 0 Å². The second-order valence-electron chi connectivity index (χ2n) is 3.50. The van der Waals surface area contributed by atoms with Crippen LogP contribution in [0.4, 0.5) is 0 Å². The van der Waals surface area contributed by atoms with E-state index < -0.39 is 0 Å². The molecule has 90 valence electrons. The van der Waals surface area contributed by atoms with Gasteiger partial charge in [-0.2, -0.15) is 0 Å². The van der Waals surface area contributed by atoms with Gasteiger partial charge in [-0.25, -0.2) is 4.98 Å². The largest absolute Gasteiger partial charge is 0.383 e. The molecule has 0 spiro atoms. The van der Waals surface area contributed by atoms with Crippen molar-refractivity contribution in [2.45, 2.75) is 19.4 Å². The Morgan fingerprint density at radius 1 is 1.75 bits per heavy atom. The molecule has 1 unspecified atom stereocenters. The molecule has 6 heteroatoms. The van der Waals surface area contributed by atoms with Crippen molar-refractivity contribution in [1.29, 1.82) is 0 Å². The fourth-order valence-corrected chi connectivity index (χ4v) is 2.04. The second-order valence-corrected chi connectivity index (χ2v) is 4.44. The van der Waals surface area contributed by atoms with E-state index in [1.807, 2.05) is 6.92 Å². The third-order valence-electron chi connectivity index (χ3n) is 1.94. The van der Waals surface area contributed by atoms with E-state index in [2.05, 4.69) is 10.3 Å². The van der Waals surface area contributed by atoms with Crippen LogP contribution in [0.5, 0.6) is 0 Å². The Hall–Kier alpha value is -0.980. The lowest BCUT2D eigenvalue weighted by molar-refractivity contribution is 0.0901. The zero-order valence-electron chi connectivity index (χ0n) is 9.53. The van der Waals surface area contributed by atoms with Crippen molar-refractivity contribution < 1.29 is 9.53 Å². The lowest BCUT2D eigenvalue weighted by atomic mass is 10.3. The van der Waals surface area contributed by atoms with Crippen molar-refractivity contribution in [3.05, 3.63) is 16.1 Å². The molecule has 1 aromatic heterocycles. The number of hydrogen-bond acceptors (Lipinski definition) is 5. The van der Waals surface area contributed by atoms with E-state index in [9.17, 15) is 4.79 Å². The van der Waals surface area contributed by atoms with Crippen LogP contribution in [0.2, 0.25) is 0 Å². The summed E-state index contributed by atoms with van der Waals surface area (Å²) in [4.78, 5) is 15.9. The maximum Gasteiger partial charge on any atom is 0.271 e. The SMILES string of the molecule is COCC(C)NC(=O)c1csc(CCN)n1. The molecule has 0 saturated carbocycles. The monoisotopic (exact) mass is 243 g/mol. The van der Waals surface area contributed by atoms with Crippen molar-refractivity contribution in [2.75, 3.05) is 20.3 Å². The number of nitrogens with zero attached hydrogens (tertiary/aromatic N) is 1. The Kier molecular flexibility index (Phi) is 5.37. The number of carbonyl (C=O) groups excluding carboxylic acids is 1. The van der Waals surface area contributed by atoms with Gasteiger partial charge in [-0.15, -0.1) is 11.3 Å². The predicted octanol–water partition coefficient (Wildman–Crippen LogP) is 0.409. The topological polar surface area (TPSA) is 77.2 Å². The van der Waals surface area contributed by atoms with Gasteiger partial charge in [0.25, 0.3) is 5.91 Å². The molecule has 1 heterocycles. The number of ether oxygens (including phenoxy) is 1. The van der Waals surface area contributed by atoms with Gasteiger partial charge in [-0.05, 0) is 13.5 Å². The van der Waals surface area contributed by atoms with E-state index in [1.54, 1.807) is 12.5 Å². The number of hydrogen-bond donors (Lipinski definition) is 2. The van der Waals surface area contributed by atoms with E-state index in [-0.39, 0.29) is 11.9 Å². The average Bonchev–Trinajstić information content (AvgIpc) is 2.67. The van der Waals surface area contributed by atoms with Crippen LogP contribution in [0, 0.1) is 0 Å². The van der Waals surface area contributed by atoms with Crippen LogP contribution < -0.4 is 11.1 Å². The molecule has 0 aliphatic heterocycles. The fourth-order valence-electron chi connectivity index (χ4n) is 1.24. The van der Waals surface area contributed by atoms with E-state index in [0.717, 1.165) is 5.01 Å². The number of nitrogens with two attached hydrogens (primary N) is 1. The Bertz CT molecular complexity index is 341. The van der Waals surface area contributed by atoms with E-state index >= 15 is 0 Å². The molecule has 1 aromatic rings. The van der Waals surface area contributed by atoms with Gasteiger partial charge in [0, 0.05) is 25.0 Å². The molecular formula is C10H17N3O2S. The summed E-state index contributed by atoms with van der Waals surface area (Å²) in [5.74, 6) is -0.163. The summed E-state index contributed by atoms with van der Waals surface area (Å²) in [5, 5.41) is 5.45. The second kappa shape index (κ2) is 6.57. The minimum atomic E-state index is -0.163. The van der Waals surface area contributed by atoms with E-state index in [0.29, 0.717) is 25.3 Å². The lowest BCUT2D eigenvalue weighted by Crippen LogP contribution is -2.35. The van der Waals surface area contributed by atoms with Crippen LogP contribution in [0.25, 0.3) is 0 Å². The minimum absolute atomic E-state index is 0.0165. The summed E-state index contributed by atoms with van der Waals surface area (Å²) in [6.45, 7) is 2.93. The highest BCUT2D eigenvalue weighted by molar-refractivity contribution is 7.09. The van der Waals surface area contributed by atoms with Crippen molar-refractivity contribution in [2.24, 2.45) is 5.73 Å². The van der Waals surface area contributed by atoms with Crippen LogP contribution in [0.15, 0.2) is 5.38 Å². The molecule has 1 amide bonds. The lowest BCUT2D eigenvalue weighted by Gasteiger charge is -2.11. The zero-order valence-corrected chi connectivity index (χ0v) is 10.3. The number of methoxy groups -OCH3 is 1. The molecule has 16 heavy (non-hydrogen) atoms. The summed E-state index contributed by atoms with van der Waals surface area (Å²) >= 11 is 1.46. The molecule has 0 bridgehead atoms. The molecule has 5 nitrogen and oxygen atoms in total. The molecule has 0 aliphatic carbocycles. The van der Waals surface area contributed by atoms with Crippen LogP contribution in [-0.2, 0) is 11.2 Å². The zero-order chi connectivity index (χ0) is 12.0. The van der Waals surface area contributed by atoms with Crippen molar-refractivity contribution in [1.82, 2.24) is 10.3 Å². The first-order valence-electron chi connectivity index (χ1n) is 5.11. The molecule has 3 N–H and O–H groups in total. The Balaban J connectivity index is 2.52. The summed E-state index contributed by atoms with van der Waals surface area (Å²) in [7, 11) is 1.60. The highest BCUT2D eigenvalue weighted by Crippen LogP contribution is 2.09. The Morgan fingerprint density at radius 2 is 2.50 bits per heavy atom. The molecular weight excluding hydrogens is 226 g/mol. The van der Waals surface area contributed by atoms with Crippen molar-refractivity contribution >= 4 is 17.2 Å². The quantitative estimate of drug-likeness (QED) is 0.758. The number of rotatable bonds is 6. The van der Waals surface area contributed by atoms with Gasteiger partial charge in [0.2, 0.25) is 0 Å². The van der Waals surface area contributed by atoms with Crippen LogP contribution >= 0.6 is 11.3 Å². The van der Waals surface area contributed by atoms with Gasteiger partial charge in [0.15, 0.2) is 0 Å². The first kappa shape index (κ1) is 13.1. The van der Waals surface area contributed by atoms with Gasteiger partial charge in [0.1, 0.15) is 5.69 Å². The van der Waals surface area contributed by atoms with Crippen LogP contribution in [0.1, 0.15) is 22.4 Å². The number of thiazole rings is 1. The Labute approximate surface area is 99.0 Å². The molecule has 0 aliphatic rings. The average molecular weight is 243 g/mol. The first-order valence-corrected chi connectivity index (χ1v) is 5.99. The molecule has 0 radical (unpaired) electrons. The molecule has 1 atom stereocenters. The van der Waals surface area contributed by atoms with Crippen LogP contribution in [-0.4, -0.2) is 37.2 Å². The van der Waals surface area contributed by atoms with Gasteiger partial charge < -0.3 is 15.8 Å². The standard InChI is InChI=1S/C10H17N3O2S/c1-7(5-15-2)12-10(14)8-6-16-9(13-8)3-4-11/h6-7H,3-5,11H2,1-2H3,(H,12,14). The van der Waals surface area contributed by atoms with E-state index in [4.69, 9.17) is 10.5 Å². The van der Waals surface area contributed by atoms with Gasteiger partial charge >= 0.3 is 0 Å².